The number of benzene rings is 1. The second-order valence-electron chi connectivity index (χ2n) is 5.91. The van der Waals surface area contributed by atoms with Crippen LogP contribution in [0.15, 0.2) is 18.2 Å². The molecular weight excluding hydrogens is 278 g/mol. The Morgan fingerprint density at radius 1 is 1.29 bits per heavy atom. The highest BCUT2D eigenvalue weighted by atomic mass is 19.1. The number of rotatable bonds is 2. The first-order valence-corrected chi connectivity index (χ1v) is 6.95. The van der Waals surface area contributed by atoms with Gasteiger partial charge in [-0.1, -0.05) is 0 Å². The predicted molar refractivity (Wildman–Crippen MR) is 72.6 cm³/mol. The van der Waals surface area contributed by atoms with Gasteiger partial charge in [0, 0.05) is 6.07 Å². The van der Waals surface area contributed by atoms with Crippen molar-refractivity contribution in [3.05, 3.63) is 29.8 Å². The lowest BCUT2D eigenvalue weighted by atomic mass is 9.89. The van der Waals surface area contributed by atoms with Crippen molar-refractivity contribution in [3.63, 3.8) is 0 Å². The van der Waals surface area contributed by atoms with Gasteiger partial charge >= 0.3 is 0 Å². The SMILES string of the molecule is CC1C(=O)NC(C)(C2CC2)C(=O)N1c1ccc(F)cc1F. The number of halogens is 2. The molecule has 2 atom stereocenters. The average molecular weight is 294 g/mol. The summed E-state index contributed by atoms with van der Waals surface area (Å²) in [5.74, 6) is -2.16. The fourth-order valence-electron chi connectivity index (χ4n) is 2.89. The summed E-state index contributed by atoms with van der Waals surface area (Å²) < 4.78 is 27.1. The molecule has 1 aliphatic heterocycles. The van der Waals surface area contributed by atoms with Crippen LogP contribution in [0.25, 0.3) is 0 Å². The summed E-state index contributed by atoms with van der Waals surface area (Å²) in [6, 6.07) is 2.17. The highest BCUT2D eigenvalue weighted by molar-refractivity contribution is 6.10. The minimum Gasteiger partial charge on any atom is -0.340 e. The molecule has 1 saturated carbocycles. The Balaban J connectivity index is 2.05. The summed E-state index contributed by atoms with van der Waals surface area (Å²) in [5, 5.41) is 2.76. The van der Waals surface area contributed by atoms with Crippen molar-refractivity contribution < 1.29 is 18.4 Å². The first-order valence-electron chi connectivity index (χ1n) is 6.95. The van der Waals surface area contributed by atoms with Crippen molar-refractivity contribution in [2.75, 3.05) is 4.90 Å². The van der Waals surface area contributed by atoms with E-state index in [1.165, 1.54) is 13.0 Å². The third kappa shape index (κ3) is 2.09. The van der Waals surface area contributed by atoms with E-state index in [4.69, 9.17) is 0 Å². The van der Waals surface area contributed by atoms with Crippen LogP contribution in [0.4, 0.5) is 14.5 Å². The van der Waals surface area contributed by atoms with Crippen LogP contribution >= 0.6 is 0 Å². The van der Waals surface area contributed by atoms with E-state index in [1.807, 2.05) is 0 Å². The topological polar surface area (TPSA) is 49.4 Å². The Kier molecular flexibility index (Phi) is 3.00. The van der Waals surface area contributed by atoms with Gasteiger partial charge in [-0.3, -0.25) is 14.5 Å². The first kappa shape index (κ1) is 14.0. The second kappa shape index (κ2) is 4.51. The van der Waals surface area contributed by atoms with E-state index in [1.54, 1.807) is 6.92 Å². The molecule has 1 aromatic carbocycles. The molecule has 112 valence electrons. The molecule has 0 spiro atoms. The number of anilines is 1. The highest BCUT2D eigenvalue weighted by Crippen LogP contribution is 2.43. The zero-order chi connectivity index (χ0) is 15.4. The summed E-state index contributed by atoms with van der Waals surface area (Å²) in [6.07, 6.45) is 1.72. The lowest BCUT2D eigenvalue weighted by molar-refractivity contribution is -0.138. The van der Waals surface area contributed by atoms with Crippen LogP contribution in [0.2, 0.25) is 0 Å². The number of amides is 2. The molecule has 3 rings (SSSR count). The highest BCUT2D eigenvalue weighted by Gasteiger charge is 2.55. The van der Waals surface area contributed by atoms with Crippen LogP contribution in [0.1, 0.15) is 26.7 Å². The van der Waals surface area contributed by atoms with Gasteiger partial charge in [0.05, 0.1) is 5.69 Å². The van der Waals surface area contributed by atoms with Gasteiger partial charge in [0.1, 0.15) is 23.2 Å². The van der Waals surface area contributed by atoms with E-state index in [0.717, 1.165) is 29.9 Å². The Morgan fingerprint density at radius 3 is 2.52 bits per heavy atom. The fraction of sp³-hybridized carbons (Fsp3) is 0.467. The van der Waals surface area contributed by atoms with Crippen LogP contribution in [0, 0.1) is 17.6 Å². The number of carbonyl (C=O) groups is 2. The lowest BCUT2D eigenvalue weighted by Gasteiger charge is -2.43. The molecule has 21 heavy (non-hydrogen) atoms. The van der Waals surface area contributed by atoms with Crippen LogP contribution in [0.3, 0.4) is 0 Å². The first-order chi connectivity index (χ1) is 9.84. The molecule has 1 heterocycles. The Labute approximate surface area is 121 Å². The van der Waals surface area contributed by atoms with Crippen molar-refractivity contribution in [1.29, 1.82) is 0 Å². The van der Waals surface area contributed by atoms with E-state index in [9.17, 15) is 18.4 Å². The van der Waals surface area contributed by atoms with Crippen molar-refractivity contribution in [2.45, 2.75) is 38.3 Å². The summed E-state index contributed by atoms with van der Waals surface area (Å²) in [5.41, 5.74) is -1.07. The maximum Gasteiger partial charge on any atom is 0.253 e. The normalized spacial score (nSPS) is 29.5. The summed E-state index contributed by atoms with van der Waals surface area (Å²) in [7, 11) is 0. The van der Waals surface area contributed by atoms with Gasteiger partial charge in [-0.05, 0) is 44.7 Å². The van der Waals surface area contributed by atoms with Gasteiger partial charge in [-0.2, -0.15) is 0 Å². The third-order valence-electron chi connectivity index (χ3n) is 4.38. The molecule has 0 bridgehead atoms. The van der Waals surface area contributed by atoms with Crippen LogP contribution < -0.4 is 10.2 Å². The maximum atomic E-state index is 14.0. The number of piperazine rings is 1. The number of nitrogens with one attached hydrogen (secondary N) is 1. The van der Waals surface area contributed by atoms with Gasteiger partial charge in [0.15, 0.2) is 0 Å². The zero-order valence-corrected chi connectivity index (χ0v) is 11.8. The largest absolute Gasteiger partial charge is 0.340 e. The van der Waals surface area contributed by atoms with E-state index in [0.29, 0.717) is 0 Å². The molecule has 0 aromatic heterocycles. The Morgan fingerprint density at radius 2 is 1.95 bits per heavy atom. The van der Waals surface area contributed by atoms with Gasteiger partial charge in [0.25, 0.3) is 5.91 Å². The summed E-state index contributed by atoms with van der Waals surface area (Å²) >= 11 is 0. The van der Waals surface area contributed by atoms with E-state index in [-0.39, 0.29) is 23.4 Å². The average Bonchev–Trinajstić information content (AvgIpc) is 3.24. The molecule has 2 amide bonds. The number of hydrogen-bond acceptors (Lipinski definition) is 2. The smallest absolute Gasteiger partial charge is 0.253 e. The minimum atomic E-state index is -1.01. The molecule has 1 saturated heterocycles. The van der Waals surface area contributed by atoms with Crippen molar-refractivity contribution in [1.82, 2.24) is 5.32 Å². The number of nitrogens with zero attached hydrogens (tertiary/aromatic N) is 1. The fourth-order valence-corrected chi connectivity index (χ4v) is 2.89. The summed E-state index contributed by atoms with van der Waals surface area (Å²) in [6.45, 7) is 3.20. The van der Waals surface area contributed by atoms with E-state index < -0.39 is 23.2 Å². The molecule has 6 heteroatoms. The third-order valence-corrected chi connectivity index (χ3v) is 4.38. The molecule has 2 fully saturated rings. The van der Waals surface area contributed by atoms with Crippen molar-refractivity contribution >= 4 is 17.5 Å². The maximum absolute atomic E-state index is 14.0. The van der Waals surface area contributed by atoms with E-state index in [2.05, 4.69) is 5.32 Å². The Hall–Kier alpha value is -1.98. The second-order valence-corrected chi connectivity index (χ2v) is 5.91. The van der Waals surface area contributed by atoms with Crippen LogP contribution in [-0.4, -0.2) is 23.4 Å². The molecule has 0 radical (unpaired) electrons. The quantitative estimate of drug-likeness (QED) is 0.907. The molecule has 2 aliphatic rings. The van der Waals surface area contributed by atoms with Gasteiger partial charge in [-0.15, -0.1) is 0 Å². The molecular formula is C15H16F2N2O2. The summed E-state index contributed by atoms with van der Waals surface area (Å²) in [4.78, 5) is 26.1. The molecule has 1 aromatic rings. The standard InChI is InChI=1S/C15H16F2N2O2/c1-8-13(20)18-15(2,9-3-4-9)14(21)19(8)12-6-5-10(16)7-11(12)17/h5-9H,3-4H2,1-2H3,(H,18,20). The number of carbonyl (C=O) groups excluding carboxylic acids is 2. The Bertz CT molecular complexity index is 630. The molecule has 4 nitrogen and oxygen atoms in total. The van der Waals surface area contributed by atoms with Gasteiger partial charge in [-0.25, -0.2) is 8.78 Å². The van der Waals surface area contributed by atoms with Crippen LogP contribution in [-0.2, 0) is 9.59 Å². The van der Waals surface area contributed by atoms with E-state index >= 15 is 0 Å². The molecule has 1 aliphatic carbocycles. The predicted octanol–water partition coefficient (Wildman–Crippen LogP) is 1.98. The van der Waals surface area contributed by atoms with Gasteiger partial charge < -0.3 is 5.32 Å². The monoisotopic (exact) mass is 294 g/mol. The zero-order valence-electron chi connectivity index (χ0n) is 11.8. The number of hydrogen-bond donors (Lipinski definition) is 1. The van der Waals surface area contributed by atoms with Crippen molar-refractivity contribution in [3.8, 4) is 0 Å². The van der Waals surface area contributed by atoms with Gasteiger partial charge in [0.2, 0.25) is 5.91 Å². The minimum absolute atomic E-state index is 0.0596. The van der Waals surface area contributed by atoms with Crippen LogP contribution in [0.5, 0.6) is 0 Å². The molecule has 1 N–H and O–H groups in total. The van der Waals surface area contributed by atoms with Crippen molar-refractivity contribution in [2.24, 2.45) is 5.92 Å². The molecule has 2 unspecified atom stereocenters. The lowest BCUT2D eigenvalue weighted by Crippen LogP contribution is -2.70.